The van der Waals surface area contributed by atoms with Crippen molar-refractivity contribution in [3.63, 3.8) is 0 Å². The Labute approximate surface area is 240 Å². The van der Waals surface area contributed by atoms with Gasteiger partial charge < -0.3 is 14.4 Å². The second kappa shape index (κ2) is 11.5. The number of hydrogen-bond acceptors (Lipinski definition) is 8. The molecule has 41 heavy (non-hydrogen) atoms. The highest BCUT2D eigenvalue weighted by atomic mass is 32.1. The van der Waals surface area contributed by atoms with Crippen LogP contribution in [0.25, 0.3) is 5.57 Å². The standard InChI is InChI=1S/C31H29N3O6S/c1-5-7-16-33-23-11-9-8-10-22(23)25(28(33)36)27-29(37)34-26(20-12-14-21(15-13-20)40-19(4)35)24(30(38)39-17-6-2)18(3)32-31(34)41-27/h6,8-15,26H,2,5,7,16-17H2,1,3-4H3/b27-25+. The van der Waals surface area contributed by atoms with Crippen LogP contribution in [0.4, 0.5) is 5.69 Å². The van der Waals surface area contributed by atoms with E-state index >= 15 is 0 Å². The number of esters is 2. The average molecular weight is 572 g/mol. The third kappa shape index (κ3) is 5.06. The Bertz CT molecular complexity index is 1780. The zero-order valence-corrected chi connectivity index (χ0v) is 23.8. The second-order valence-corrected chi connectivity index (χ2v) is 10.6. The van der Waals surface area contributed by atoms with Gasteiger partial charge in [0.05, 0.1) is 28.6 Å². The largest absolute Gasteiger partial charge is 0.458 e. The fourth-order valence-electron chi connectivity index (χ4n) is 5.08. The van der Waals surface area contributed by atoms with E-state index in [1.165, 1.54) is 17.6 Å². The summed E-state index contributed by atoms with van der Waals surface area (Å²) in [6, 6.07) is 13.1. The molecular formula is C31H29N3O6S. The van der Waals surface area contributed by atoms with Gasteiger partial charge in [0.1, 0.15) is 16.9 Å². The number of aromatic nitrogens is 1. The van der Waals surface area contributed by atoms with E-state index in [2.05, 4.69) is 18.5 Å². The average Bonchev–Trinajstić information content (AvgIpc) is 3.41. The molecule has 1 atom stereocenters. The summed E-state index contributed by atoms with van der Waals surface area (Å²) in [5.74, 6) is -1.00. The number of allylic oxidation sites excluding steroid dienone is 1. The van der Waals surface area contributed by atoms with Crippen molar-refractivity contribution < 1.29 is 23.9 Å². The SMILES string of the molecule is C=CCOC(=O)C1=C(C)N=c2s/c(=C3/C(=O)N(CCCC)c4ccccc43)c(=O)n2C1c1ccc(OC(C)=O)cc1. The molecule has 0 bridgehead atoms. The van der Waals surface area contributed by atoms with E-state index in [4.69, 9.17) is 9.47 Å². The molecule has 0 saturated heterocycles. The van der Waals surface area contributed by atoms with Gasteiger partial charge in [-0.2, -0.15) is 0 Å². The first kappa shape index (κ1) is 28.0. The summed E-state index contributed by atoms with van der Waals surface area (Å²) in [6.45, 7) is 9.19. The Morgan fingerprint density at radius 1 is 1.12 bits per heavy atom. The van der Waals surface area contributed by atoms with Gasteiger partial charge in [0, 0.05) is 19.0 Å². The number of thiazole rings is 1. The molecule has 1 unspecified atom stereocenters. The lowest BCUT2D eigenvalue weighted by Gasteiger charge is -2.24. The number of unbranched alkanes of at least 4 members (excludes halogenated alkanes) is 1. The van der Waals surface area contributed by atoms with Crippen molar-refractivity contribution in [3.8, 4) is 5.75 Å². The molecule has 0 fully saturated rings. The molecule has 3 aromatic rings. The number of carbonyl (C=O) groups excluding carboxylic acids is 3. The van der Waals surface area contributed by atoms with Crippen LogP contribution in [0, 0.1) is 0 Å². The van der Waals surface area contributed by atoms with E-state index in [1.807, 2.05) is 24.3 Å². The number of amides is 1. The van der Waals surface area contributed by atoms with E-state index in [9.17, 15) is 19.2 Å². The molecule has 2 aromatic carbocycles. The monoisotopic (exact) mass is 571 g/mol. The summed E-state index contributed by atoms with van der Waals surface area (Å²) in [5, 5.41) is 0. The summed E-state index contributed by atoms with van der Waals surface area (Å²) < 4.78 is 12.3. The number of anilines is 1. The van der Waals surface area contributed by atoms with Gasteiger partial charge in [-0.05, 0) is 37.1 Å². The molecular weight excluding hydrogens is 542 g/mol. The van der Waals surface area contributed by atoms with Gasteiger partial charge in [-0.3, -0.25) is 19.0 Å². The molecule has 2 aliphatic heterocycles. The number of para-hydroxylation sites is 1. The lowest BCUT2D eigenvalue weighted by atomic mass is 9.96. The fourth-order valence-corrected chi connectivity index (χ4v) is 6.22. The zero-order chi connectivity index (χ0) is 29.3. The van der Waals surface area contributed by atoms with Crippen molar-refractivity contribution in [2.75, 3.05) is 18.1 Å². The number of benzene rings is 2. The van der Waals surface area contributed by atoms with E-state index in [-0.39, 0.29) is 22.6 Å². The highest BCUT2D eigenvalue weighted by molar-refractivity contribution is 7.07. The van der Waals surface area contributed by atoms with Crippen molar-refractivity contribution in [1.82, 2.24) is 4.57 Å². The van der Waals surface area contributed by atoms with Crippen LogP contribution in [0.15, 0.2) is 82.2 Å². The Hall–Kier alpha value is -4.57. The summed E-state index contributed by atoms with van der Waals surface area (Å²) >= 11 is 1.13. The van der Waals surface area contributed by atoms with Crippen LogP contribution in [0.5, 0.6) is 5.75 Å². The quantitative estimate of drug-likeness (QED) is 0.233. The van der Waals surface area contributed by atoms with Gasteiger partial charge in [0.2, 0.25) is 0 Å². The van der Waals surface area contributed by atoms with Crippen LogP contribution in [0.2, 0.25) is 0 Å². The van der Waals surface area contributed by atoms with Gasteiger partial charge in [0.25, 0.3) is 11.5 Å². The topological polar surface area (TPSA) is 107 Å². The van der Waals surface area contributed by atoms with Crippen molar-refractivity contribution in [3.05, 3.63) is 103 Å². The minimum absolute atomic E-state index is 0.0127. The molecule has 0 N–H and O–H groups in total. The maximum atomic E-state index is 14.2. The van der Waals surface area contributed by atoms with Crippen molar-refractivity contribution in [2.24, 2.45) is 4.99 Å². The van der Waals surface area contributed by atoms with Crippen molar-refractivity contribution in [2.45, 2.75) is 39.7 Å². The van der Waals surface area contributed by atoms with Gasteiger partial charge >= 0.3 is 11.9 Å². The number of carbonyl (C=O) groups is 3. The Kier molecular flexibility index (Phi) is 7.85. The second-order valence-electron chi connectivity index (χ2n) is 9.65. The van der Waals surface area contributed by atoms with Crippen LogP contribution in [-0.2, 0) is 19.1 Å². The molecule has 10 heteroatoms. The predicted octanol–water partition coefficient (Wildman–Crippen LogP) is 3.41. The normalized spacial score (nSPS) is 17.1. The van der Waals surface area contributed by atoms with Crippen LogP contribution in [-0.4, -0.2) is 35.6 Å². The molecule has 5 rings (SSSR count). The maximum absolute atomic E-state index is 14.2. The third-order valence-corrected chi connectivity index (χ3v) is 7.95. The molecule has 1 amide bonds. The molecule has 210 valence electrons. The van der Waals surface area contributed by atoms with Gasteiger partial charge in [-0.15, -0.1) is 0 Å². The number of hydrogen-bond donors (Lipinski definition) is 0. The van der Waals surface area contributed by atoms with Gasteiger partial charge in [-0.1, -0.05) is 67.7 Å². The highest BCUT2D eigenvalue weighted by Crippen LogP contribution is 2.36. The summed E-state index contributed by atoms with van der Waals surface area (Å²) in [5.41, 5.74) is 2.55. The molecule has 2 aliphatic rings. The molecule has 0 aliphatic carbocycles. The first-order valence-corrected chi connectivity index (χ1v) is 14.1. The van der Waals surface area contributed by atoms with Crippen LogP contribution in [0.3, 0.4) is 0 Å². The lowest BCUT2D eigenvalue weighted by molar-refractivity contribution is -0.138. The number of rotatable bonds is 8. The Balaban J connectivity index is 1.73. The first-order chi connectivity index (χ1) is 19.8. The molecule has 0 spiro atoms. The predicted molar refractivity (Wildman–Crippen MR) is 155 cm³/mol. The van der Waals surface area contributed by atoms with Crippen LogP contribution >= 0.6 is 11.3 Å². The van der Waals surface area contributed by atoms with Gasteiger partial charge in [0.15, 0.2) is 4.80 Å². The van der Waals surface area contributed by atoms with E-state index in [0.717, 1.165) is 29.9 Å². The Morgan fingerprint density at radius 3 is 2.54 bits per heavy atom. The summed E-state index contributed by atoms with van der Waals surface area (Å²) in [7, 11) is 0. The smallest absolute Gasteiger partial charge is 0.338 e. The minimum atomic E-state index is -0.882. The summed E-state index contributed by atoms with van der Waals surface area (Å²) in [6.07, 6.45) is 3.21. The number of fused-ring (bicyclic) bond motifs is 2. The lowest BCUT2D eigenvalue weighted by Crippen LogP contribution is -2.41. The van der Waals surface area contributed by atoms with Gasteiger partial charge in [-0.25, -0.2) is 9.79 Å². The van der Waals surface area contributed by atoms with E-state index in [0.29, 0.717) is 39.5 Å². The molecule has 0 saturated carbocycles. The molecule has 0 radical (unpaired) electrons. The Morgan fingerprint density at radius 2 is 1.85 bits per heavy atom. The van der Waals surface area contributed by atoms with Crippen molar-refractivity contribution in [1.29, 1.82) is 0 Å². The molecule has 3 heterocycles. The third-order valence-electron chi connectivity index (χ3n) is 6.89. The first-order valence-electron chi connectivity index (χ1n) is 13.3. The minimum Gasteiger partial charge on any atom is -0.458 e. The zero-order valence-electron chi connectivity index (χ0n) is 23.0. The van der Waals surface area contributed by atoms with Crippen LogP contribution in [0.1, 0.15) is 50.8 Å². The fraction of sp³-hybridized carbons (Fsp3) is 0.258. The van der Waals surface area contributed by atoms with Crippen LogP contribution < -0.4 is 24.5 Å². The van der Waals surface area contributed by atoms with Crippen molar-refractivity contribution >= 4 is 40.4 Å². The molecule has 9 nitrogen and oxygen atoms in total. The number of nitrogens with zero attached hydrogens (tertiary/aromatic N) is 3. The van der Waals surface area contributed by atoms with E-state index < -0.39 is 23.5 Å². The highest BCUT2D eigenvalue weighted by Gasteiger charge is 2.37. The summed E-state index contributed by atoms with van der Waals surface area (Å²) in [4.78, 5) is 59.4. The molecule has 1 aromatic heterocycles. The number of ether oxygens (including phenoxy) is 2. The maximum Gasteiger partial charge on any atom is 0.338 e. The van der Waals surface area contributed by atoms with E-state index in [1.54, 1.807) is 36.1 Å².